The van der Waals surface area contributed by atoms with E-state index in [1.54, 1.807) is 14.2 Å². The van der Waals surface area contributed by atoms with Gasteiger partial charge in [0.1, 0.15) is 5.75 Å². The number of para-hydroxylation sites is 1. The van der Waals surface area contributed by atoms with Crippen molar-refractivity contribution in [2.75, 3.05) is 20.8 Å². The van der Waals surface area contributed by atoms with Crippen LogP contribution in [0.3, 0.4) is 0 Å². The highest BCUT2D eigenvalue weighted by atomic mass is 16.5. The Kier molecular flexibility index (Phi) is 7.20. The van der Waals surface area contributed by atoms with Crippen molar-refractivity contribution in [2.45, 2.75) is 51.3 Å². The number of methoxy groups -OCH3 is 1. The van der Waals surface area contributed by atoms with Gasteiger partial charge < -0.3 is 20.1 Å². The highest BCUT2D eigenvalue weighted by molar-refractivity contribution is 5.80. The Hall–Kier alpha value is -1.75. The van der Waals surface area contributed by atoms with Gasteiger partial charge in [-0.3, -0.25) is 4.99 Å². The van der Waals surface area contributed by atoms with Crippen molar-refractivity contribution in [1.29, 1.82) is 0 Å². The molecule has 0 aliphatic heterocycles. The maximum absolute atomic E-state index is 6.17. The fourth-order valence-electron chi connectivity index (χ4n) is 2.85. The smallest absolute Gasteiger partial charge is 0.191 e. The van der Waals surface area contributed by atoms with Crippen LogP contribution in [0.15, 0.2) is 29.3 Å². The minimum Gasteiger partial charge on any atom is -0.490 e. The van der Waals surface area contributed by atoms with Crippen LogP contribution in [-0.4, -0.2) is 38.9 Å². The van der Waals surface area contributed by atoms with Gasteiger partial charge in [0.2, 0.25) is 0 Å². The zero-order valence-electron chi connectivity index (χ0n) is 14.5. The zero-order valence-corrected chi connectivity index (χ0v) is 14.5. The molecule has 0 amide bonds. The quantitative estimate of drug-likeness (QED) is 0.599. The minimum absolute atomic E-state index is 0.205. The van der Waals surface area contributed by atoms with Gasteiger partial charge in [-0.2, -0.15) is 0 Å². The molecule has 0 spiro atoms. The second kappa shape index (κ2) is 9.40. The summed E-state index contributed by atoms with van der Waals surface area (Å²) in [5.41, 5.74) is 1.15. The molecule has 0 heterocycles. The molecule has 1 aromatic rings. The molecule has 2 rings (SSSR count). The van der Waals surface area contributed by atoms with E-state index in [4.69, 9.17) is 9.47 Å². The Labute approximate surface area is 139 Å². The van der Waals surface area contributed by atoms with Crippen LogP contribution in [0.1, 0.15) is 38.2 Å². The first-order valence-corrected chi connectivity index (χ1v) is 8.43. The molecule has 23 heavy (non-hydrogen) atoms. The SMILES string of the molecule is CN=C(NCc1ccccc1OC1CCCC1)NC(C)COC. The van der Waals surface area contributed by atoms with Crippen molar-refractivity contribution in [3.63, 3.8) is 0 Å². The predicted molar refractivity (Wildman–Crippen MR) is 94.0 cm³/mol. The maximum atomic E-state index is 6.17. The van der Waals surface area contributed by atoms with Crippen molar-refractivity contribution in [1.82, 2.24) is 10.6 Å². The highest BCUT2D eigenvalue weighted by Crippen LogP contribution is 2.26. The topological polar surface area (TPSA) is 54.9 Å². The van der Waals surface area contributed by atoms with Gasteiger partial charge in [-0.25, -0.2) is 0 Å². The number of aliphatic imine (C=N–C) groups is 1. The number of hydrogen-bond acceptors (Lipinski definition) is 3. The number of rotatable bonds is 7. The van der Waals surface area contributed by atoms with Crippen LogP contribution in [0.5, 0.6) is 5.75 Å². The van der Waals surface area contributed by atoms with Gasteiger partial charge in [-0.15, -0.1) is 0 Å². The molecule has 0 bridgehead atoms. The van der Waals surface area contributed by atoms with Crippen LogP contribution in [0, 0.1) is 0 Å². The number of ether oxygens (including phenoxy) is 2. The molecule has 1 aromatic carbocycles. The average molecular weight is 319 g/mol. The summed E-state index contributed by atoms with van der Waals surface area (Å²) < 4.78 is 11.3. The van der Waals surface area contributed by atoms with Gasteiger partial charge >= 0.3 is 0 Å². The van der Waals surface area contributed by atoms with Gasteiger partial charge in [0, 0.05) is 32.3 Å². The van der Waals surface area contributed by atoms with E-state index in [2.05, 4.69) is 34.7 Å². The number of nitrogens with zero attached hydrogens (tertiary/aromatic N) is 1. The number of nitrogens with one attached hydrogen (secondary N) is 2. The molecular weight excluding hydrogens is 290 g/mol. The Bertz CT molecular complexity index is 499. The molecule has 0 aromatic heterocycles. The van der Waals surface area contributed by atoms with Gasteiger partial charge in [-0.05, 0) is 38.7 Å². The summed E-state index contributed by atoms with van der Waals surface area (Å²) >= 11 is 0. The molecule has 5 heteroatoms. The molecule has 2 N–H and O–H groups in total. The van der Waals surface area contributed by atoms with E-state index in [1.165, 1.54) is 25.7 Å². The Morgan fingerprint density at radius 3 is 2.74 bits per heavy atom. The van der Waals surface area contributed by atoms with Crippen LogP contribution in [-0.2, 0) is 11.3 Å². The maximum Gasteiger partial charge on any atom is 0.191 e. The monoisotopic (exact) mass is 319 g/mol. The van der Waals surface area contributed by atoms with Gasteiger partial charge in [0.05, 0.1) is 12.7 Å². The van der Waals surface area contributed by atoms with Gasteiger partial charge in [0.15, 0.2) is 5.96 Å². The number of hydrogen-bond donors (Lipinski definition) is 2. The van der Waals surface area contributed by atoms with Crippen LogP contribution in [0.25, 0.3) is 0 Å². The van der Waals surface area contributed by atoms with Crippen molar-refractivity contribution in [3.05, 3.63) is 29.8 Å². The molecule has 0 saturated heterocycles. The molecule has 1 atom stereocenters. The van der Waals surface area contributed by atoms with E-state index in [-0.39, 0.29) is 6.04 Å². The summed E-state index contributed by atoms with van der Waals surface area (Å²) in [6, 6.07) is 8.43. The van der Waals surface area contributed by atoms with Crippen LogP contribution >= 0.6 is 0 Å². The average Bonchev–Trinajstić information content (AvgIpc) is 3.06. The fraction of sp³-hybridized carbons (Fsp3) is 0.611. The highest BCUT2D eigenvalue weighted by Gasteiger charge is 2.17. The third-order valence-corrected chi connectivity index (χ3v) is 4.04. The summed E-state index contributed by atoms with van der Waals surface area (Å²) in [6.07, 6.45) is 5.26. The van der Waals surface area contributed by atoms with Crippen molar-refractivity contribution in [3.8, 4) is 5.75 Å². The van der Waals surface area contributed by atoms with E-state index in [1.807, 2.05) is 12.1 Å². The molecule has 1 aliphatic rings. The normalized spacial score (nSPS) is 17.1. The van der Waals surface area contributed by atoms with E-state index in [0.29, 0.717) is 19.3 Å². The summed E-state index contributed by atoms with van der Waals surface area (Å²) in [4.78, 5) is 4.26. The molecular formula is C18H29N3O2. The molecule has 0 radical (unpaired) electrons. The Morgan fingerprint density at radius 2 is 2.04 bits per heavy atom. The van der Waals surface area contributed by atoms with E-state index >= 15 is 0 Å². The first-order valence-electron chi connectivity index (χ1n) is 8.43. The summed E-state index contributed by atoms with van der Waals surface area (Å²) in [7, 11) is 3.47. The lowest BCUT2D eigenvalue weighted by Crippen LogP contribution is -2.43. The molecule has 128 valence electrons. The van der Waals surface area contributed by atoms with Crippen molar-refractivity contribution >= 4 is 5.96 Å². The van der Waals surface area contributed by atoms with E-state index < -0.39 is 0 Å². The summed E-state index contributed by atoms with van der Waals surface area (Å²) in [6.45, 7) is 3.39. The molecule has 1 unspecified atom stereocenters. The summed E-state index contributed by atoms with van der Waals surface area (Å²) in [5.74, 6) is 1.75. The first-order chi connectivity index (χ1) is 11.2. The van der Waals surface area contributed by atoms with Crippen molar-refractivity contribution < 1.29 is 9.47 Å². The van der Waals surface area contributed by atoms with Crippen LogP contribution in [0.2, 0.25) is 0 Å². The van der Waals surface area contributed by atoms with Crippen LogP contribution in [0.4, 0.5) is 0 Å². The largest absolute Gasteiger partial charge is 0.490 e. The lowest BCUT2D eigenvalue weighted by atomic mass is 10.2. The van der Waals surface area contributed by atoms with E-state index in [9.17, 15) is 0 Å². The van der Waals surface area contributed by atoms with Crippen LogP contribution < -0.4 is 15.4 Å². The molecule has 1 aliphatic carbocycles. The molecule has 1 saturated carbocycles. The van der Waals surface area contributed by atoms with E-state index in [0.717, 1.165) is 17.3 Å². The Balaban J connectivity index is 1.91. The second-order valence-electron chi connectivity index (χ2n) is 6.06. The first kappa shape index (κ1) is 17.6. The lowest BCUT2D eigenvalue weighted by molar-refractivity contribution is 0.179. The fourth-order valence-corrected chi connectivity index (χ4v) is 2.85. The zero-order chi connectivity index (χ0) is 16.5. The molecule has 1 fully saturated rings. The standard InChI is InChI=1S/C18H29N3O2/c1-14(13-22-3)21-18(19-2)20-12-15-8-4-7-11-17(15)23-16-9-5-6-10-16/h4,7-8,11,14,16H,5-6,9-10,12-13H2,1-3H3,(H2,19,20,21). The third kappa shape index (κ3) is 5.75. The predicted octanol–water partition coefficient (Wildman–Crippen LogP) is 2.71. The van der Waals surface area contributed by atoms with Gasteiger partial charge in [-0.1, -0.05) is 18.2 Å². The minimum atomic E-state index is 0.205. The second-order valence-corrected chi connectivity index (χ2v) is 6.06. The van der Waals surface area contributed by atoms with Crippen molar-refractivity contribution in [2.24, 2.45) is 4.99 Å². The molecule has 5 nitrogen and oxygen atoms in total. The lowest BCUT2D eigenvalue weighted by Gasteiger charge is -2.19. The summed E-state index contributed by atoms with van der Waals surface area (Å²) in [5, 5.41) is 6.65. The Morgan fingerprint density at radius 1 is 1.30 bits per heavy atom. The number of guanidine groups is 1. The third-order valence-electron chi connectivity index (χ3n) is 4.04. The van der Waals surface area contributed by atoms with Gasteiger partial charge in [0.25, 0.3) is 0 Å². The number of benzene rings is 1.